The van der Waals surface area contributed by atoms with Crippen molar-refractivity contribution in [3.8, 4) is 0 Å². The van der Waals surface area contributed by atoms with Crippen molar-refractivity contribution >= 4 is 0 Å². The Labute approximate surface area is 94.1 Å². The number of hydrogen-bond acceptors (Lipinski definition) is 3. The third kappa shape index (κ3) is 4.09. The monoisotopic (exact) mass is 214 g/mol. The van der Waals surface area contributed by atoms with Crippen molar-refractivity contribution in [3.05, 3.63) is 0 Å². The van der Waals surface area contributed by atoms with E-state index in [9.17, 15) is 5.11 Å². The van der Waals surface area contributed by atoms with Gasteiger partial charge in [0.05, 0.1) is 6.61 Å². The van der Waals surface area contributed by atoms with E-state index >= 15 is 0 Å². The van der Waals surface area contributed by atoms with Gasteiger partial charge in [-0.3, -0.25) is 4.90 Å². The largest absolute Gasteiger partial charge is 0.395 e. The van der Waals surface area contributed by atoms with Crippen molar-refractivity contribution in [1.29, 1.82) is 0 Å². The SMILES string of the molecule is CCN(CC)CCN1CCCCC1CO. The lowest BCUT2D eigenvalue weighted by molar-refractivity contribution is 0.0804. The minimum Gasteiger partial charge on any atom is -0.395 e. The lowest BCUT2D eigenvalue weighted by Gasteiger charge is -2.35. The third-order valence-corrected chi connectivity index (χ3v) is 3.56. The van der Waals surface area contributed by atoms with Crippen molar-refractivity contribution in [1.82, 2.24) is 9.80 Å². The van der Waals surface area contributed by atoms with Crippen LogP contribution in [0, 0.1) is 0 Å². The van der Waals surface area contributed by atoms with Gasteiger partial charge < -0.3 is 10.0 Å². The molecule has 1 rings (SSSR count). The number of hydrogen-bond donors (Lipinski definition) is 1. The Hall–Kier alpha value is -0.120. The Kier molecular flexibility index (Phi) is 6.22. The van der Waals surface area contributed by atoms with E-state index < -0.39 is 0 Å². The first-order valence-corrected chi connectivity index (χ1v) is 6.39. The summed E-state index contributed by atoms with van der Waals surface area (Å²) in [5, 5.41) is 9.29. The molecule has 0 aromatic carbocycles. The zero-order valence-electron chi connectivity index (χ0n) is 10.3. The van der Waals surface area contributed by atoms with Gasteiger partial charge in [-0.2, -0.15) is 0 Å². The number of nitrogens with zero attached hydrogens (tertiary/aromatic N) is 2. The first kappa shape index (κ1) is 12.9. The molecule has 1 saturated heterocycles. The molecule has 1 fully saturated rings. The second kappa shape index (κ2) is 7.20. The summed E-state index contributed by atoms with van der Waals surface area (Å²) in [6.07, 6.45) is 3.76. The fourth-order valence-electron chi connectivity index (χ4n) is 2.37. The van der Waals surface area contributed by atoms with Crippen LogP contribution in [0.15, 0.2) is 0 Å². The molecule has 0 spiro atoms. The van der Waals surface area contributed by atoms with Gasteiger partial charge in [-0.25, -0.2) is 0 Å². The molecule has 0 amide bonds. The predicted molar refractivity (Wildman–Crippen MR) is 64.1 cm³/mol. The molecular formula is C12H26N2O. The van der Waals surface area contributed by atoms with Crippen LogP contribution in [-0.2, 0) is 0 Å². The first-order chi connectivity index (χ1) is 7.31. The number of aliphatic hydroxyl groups excluding tert-OH is 1. The van der Waals surface area contributed by atoms with E-state index in [0.29, 0.717) is 12.6 Å². The van der Waals surface area contributed by atoms with Gasteiger partial charge in [0, 0.05) is 19.1 Å². The molecule has 15 heavy (non-hydrogen) atoms. The van der Waals surface area contributed by atoms with Crippen molar-refractivity contribution in [2.45, 2.75) is 39.2 Å². The zero-order valence-corrected chi connectivity index (χ0v) is 10.3. The minimum absolute atomic E-state index is 0.332. The highest BCUT2D eigenvalue weighted by atomic mass is 16.3. The summed E-state index contributed by atoms with van der Waals surface area (Å²) >= 11 is 0. The molecule has 1 aliphatic heterocycles. The molecule has 1 atom stereocenters. The number of likely N-dealkylation sites (tertiary alicyclic amines) is 1. The quantitative estimate of drug-likeness (QED) is 0.719. The normalized spacial score (nSPS) is 23.6. The molecule has 3 heteroatoms. The molecule has 0 saturated carbocycles. The first-order valence-electron chi connectivity index (χ1n) is 6.39. The lowest BCUT2D eigenvalue weighted by atomic mass is 10.0. The molecule has 0 bridgehead atoms. The van der Waals surface area contributed by atoms with Gasteiger partial charge in [-0.15, -0.1) is 0 Å². The standard InChI is InChI=1S/C12H26N2O/c1-3-13(4-2)9-10-14-8-6-5-7-12(14)11-15/h12,15H,3-11H2,1-2H3. The Bertz CT molecular complexity index is 160. The summed E-state index contributed by atoms with van der Waals surface area (Å²) in [5.41, 5.74) is 0. The summed E-state index contributed by atoms with van der Waals surface area (Å²) < 4.78 is 0. The average molecular weight is 214 g/mol. The van der Waals surface area contributed by atoms with E-state index in [0.717, 1.165) is 26.2 Å². The van der Waals surface area contributed by atoms with Crippen molar-refractivity contribution in [3.63, 3.8) is 0 Å². The summed E-state index contributed by atoms with van der Waals surface area (Å²) in [6, 6.07) is 0.425. The molecule has 1 N–H and O–H groups in total. The number of aliphatic hydroxyl groups is 1. The molecule has 3 nitrogen and oxygen atoms in total. The Morgan fingerprint density at radius 2 is 2.00 bits per heavy atom. The topological polar surface area (TPSA) is 26.7 Å². The fourth-order valence-corrected chi connectivity index (χ4v) is 2.37. The summed E-state index contributed by atoms with van der Waals surface area (Å²) in [6.45, 7) is 10.5. The second-order valence-corrected chi connectivity index (χ2v) is 4.40. The van der Waals surface area contributed by atoms with Crippen LogP contribution in [0.2, 0.25) is 0 Å². The number of likely N-dealkylation sites (N-methyl/N-ethyl adjacent to an activating group) is 1. The van der Waals surface area contributed by atoms with Gasteiger partial charge >= 0.3 is 0 Å². The maximum absolute atomic E-state index is 9.29. The van der Waals surface area contributed by atoms with Crippen LogP contribution in [0.1, 0.15) is 33.1 Å². The summed E-state index contributed by atoms with van der Waals surface area (Å²) in [4.78, 5) is 4.91. The zero-order chi connectivity index (χ0) is 11.1. The van der Waals surface area contributed by atoms with Crippen LogP contribution in [0.4, 0.5) is 0 Å². The Morgan fingerprint density at radius 1 is 1.27 bits per heavy atom. The van der Waals surface area contributed by atoms with Gasteiger partial charge in [0.25, 0.3) is 0 Å². The predicted octanol–water partition coefficient (Wildman–Crippen LogP) is 1.18. The van der Waals surface area contributed by atoms with Gasteiger partial charge in [0.1, 0.15) is 0 Å². The highest BCUT2D eigenvalue weighted by molar-refractivity contribution is 4.76. The van der Waals surface area contributed by atoms with Gasteiger partial charge in [-0.05, 0) is 32.5 Å². The van der Waals surface area contributed by atoms with E-state index in [1.165, 1.54) is 25.8 Å². The molecule has 90 valence electrons. The fraction of sp³-hybridized carbons (Fsp3) is 1.00. The van der Waals surface area contributed by atoms with Gasteiger partial charge in [0.15, 0.2) is 0 Å². The highest BCUT2D eigenvalue weighted by Gasteiger charge is 2.21. The average Bonchev–Trinajstić information content (AvgIpc) is 2.31. The molecule has 0 aromatic rings. The maximum atomic E-state index is 9.29. The third-order valence-electron chi connectivity index (χ3n) is 3.56. The Balaban J connectivity index is 2.28. The van der Waals surface area contributed by atoms with Gasteiger partial charge in [0.2, 0.25) is 0 Å². The molecule has 1 aliphatic rings. The molecule has 1 unspecified atom stereocenters. The van der Waals surface area contributed by atoms with E-state index in [4.69, 9.17) is 0 Å². The summed E-state index contributed by atoms with van der Waals surface area (Å²) in [5.74, 6) is 0. The summed E-state index contributed by atoms with van der Waals surface area (Å²) in [7, 11) is 0. The van der Waals surface area contributed by atoms with Crippen molar-refractivity contribution in [2.75, 3.05) is 39.3 Å². The van der Waals surface area contributed by atoms with Crippen molar-refractivity contribution < 1.29 is 5.11 Å². The van der Waals surface area contributed by atoms with Crippen LogP contribution in [0.25, 0.3) is 0 Å². The van der Waals surface area contributed by atoms with E-state index in [1.54, 1.807) is 0 Å². The van der Waals surface area contributed by atoms with Gasteiger partial charge in [-0.1, -0.05) is 20.3 Å². The number of piperidine rings is 1. The van der Waals surface area contributed by atoms with E-state index in [1.807, 2.05) is 0 Å². The lowest BCUT2D eigenvalue weighted by Crippen LogP contribution is -2.45. The van der Waals surface area contributed by atoms with Crippen LogP contribution in [-0.4, -0.2) is 60.3 Å². The van der Waals surface area contributed by atoms with Crippen LogP contribution < -0.4 is 0 Å². The Morgan fingerprint density at radius 3 is 2.60 bits per heavy atom. The number of rotatable bonds is 6. The van der Waals surface area contributed by atoms with E-state index in [2.05, 4.69) is 23.6 Å². The van der Waals surface area contributed by atoms with E-state index in [-0.39, 0.29) is 0 Å². The highest BCUT2D eigenvalue weighted by Crippen LogP contribution is 2.15. The molecule has 0 radical (unpaired) electrons. The van der Waals surface area contributed by atoms with Crippen molar-refractivity contribution in [2.24, 2.45) is 0 Å². The smallest absolute Gasteiger partial charge is 0.0586 e. The molecule has 0 aromatic heterocycles. The molecule has 0 aliphatic carbocycles. The molecule has 1 heterocycles. The maximum Gasteiger partial charge on any atom is 0.0586 e. The molecular weight excluding hydrogens is 188 g/mol. The minimum atomic E-state index is 0.332. The van der Waals surface area contributed by atoms with Crippen LogP contribution in [0.5, 0.6) is 0 Å². The van der Waals surface area contributed by atoms with Crippen LogP contribution >= 0.6 is 0 Å². The van der Waals surface area contributed by atoms with Crippen LogP contribution in [0.3, 0.4) is 0 Å². The second-order valence-electron chi connectivity index (χ2n) is 4.40.